The molecule has 5 aromatic rings. The smallest absolute Gasteiger partial charge is 0.341 e. The van der Waals surface area contributed by atoms with Gasteiger partial charge < -0.3 is 19.2 Å². The maximum Gasteiger partial charge on any atom is 0.341 e. The molecule has 0 bridgehead atoms. The van der Waals surface area contributed by atoms with Crippen LogP contribution >= 0.6 is 11.3 Å². The van der Waals surface area contributed by atoms with E-state index < -0.39 is 11.9 Å². The van der Waals surface area contributed by atoms with Crippen LogP contribution < -0.4 is 15.5 Å². The maximum absolute atomic E-state index is 12.9. The van der Waals surface area contributed by atoms with Crippen molar-refractivity contribution in [2.24, 2.45) is 0 Å². The van der Waals surface area contributed by atoms with Crippen LogP contribution in [0.25, 0.3) is 33.2 Å². The lowest BCUT2D eigenvalue weighted by Crippen LogP contribution is -2.21. The first-order valence-corrected chi connectivity index (χ1v) is 12.8. The lowest BCUT2D eigenvalue weighted by Gasteiger charge is -2.10. The molecule has 0 aliphatic rings. The fourth-order valence-corrected chi connectivity index (χ4v) is 4.99. The summed E-state index contributed by atoms with van der Waals surface area (Å²) in [7, 11) is 0. The molecule has 0 saturated heterocycles. The molecule has 7 nitrogen and oxygen atoms in total. The Morgan fingerprint density at radius 3 is 2.29 bits per heavy atom. The van der Waals surface area contributed by atoms with Gasteiger partial charge in [0.2, 0.25) is 0 Å². The first-order chi connectivity index (χ1) is 18.5. The van der Waals surface area contributed by atoms with Crippen molar-refractivity contribution in [3.8, 4) is 28.0 Å². The van der Waals surface area contributed by atoms with E-state index in [9.17, 15) is 14.4 Å². The molecule has 0 aliphatic heterocycles. The van der Waals surface area contributed by atoms with Crippen molar-refractivity contribution in [2.45, 2.75) is 6.92 Å². The summed E-state index contributed by atoms with van der Waals surface area (Å²) in [5.74, 6) is -0.591. The summed E-state index contributed by atoms with van der Waals surface area (Å²) in [6, 6.07) is 23.5. The monoisotopic (exact) mass is 525 g/mol. The molecule has 1 amide bonds. The second-order valence-corrected chi connectivity index (χ2v) is 9.16. The van der Waals surface area contributed by atoms with E-state index in [0.29, 0.717) is 38.4 Å². The van der Waals surface area contributed by atoms with Crippen LogP contribution in [0, 0.1) is 0 Å². The summed E-state index contributed by atoms with van der Waals surface area (Å²) >= 11 is 1.24. The molecule has 0 fully saturated rings. The molecule has 0 spiro atoms. The van der Waals surface area contributed by atoms with E-state index in [1.807, 2.05) is 66.0 Å². The number of ether oxygens (including phenoxy) is 2. The molecule has 0 unspecified atom stereocenters. The Kier molecular flexibility index (Phi) is 7.33. The summed E-state index contributed by atoms with van der Waals surface area (Å²) in [6.45, 7) is 1.63. The first kappa shape index (κ1) is 25.0. The van der Waals surface area contributed by atoms with E-state index in [-0.39, 0.29) is 18.6 Å². The molecule has 190 valence electrons. The van der Waals surface area contributed by atoms with Gasteiger partial charge in [0, 0.05) is 17.0 Å². The minimum absolute atomic E-state index is 0.153. The van der Waals surface area contributed by atoms with Gasteiger partial charge in [-0.05, 0) is 30.2 Å². The molecule has 5 rings (SSSR count). The van der Waals surface area contributed by atoms with Gasteiger partial charge in [-0.1, -0.05) is 60.7 Å². The van der Waals surface area contributed by atoms with Gasteiger partial charge in [0.1, 0.15) is 28.2 Å². The van der Waals surface area contributed by atoms with Gasteiger partial charge in [-0.2, -0.15) is 0 Å². The fraction of sp³-hybridized carbons (Fsp3) is 0.100. The number of anilines is 1. The number of hydrogen-bond donors (Lipinski definition) is 1. The number of carbonyl (C=O) groups excluding carboxylic acids is 2. The molecule has 38 heavy (non-hydrogen) atoms. The second kappa shape index (κ2) is 11.1. The lowest BCUT2D eigenvalue weighted by atomic mass is 10.0. The molecule has 1 N–H and O–H groups in total. The Balaban J connectivity index is 1.32. The van der Waals surface area contributed by atoms with Crippen LogP contribution in [0.4, 0.5) is 5.00 Å². The zero-order valence-corrected chi connectivity index (χ0v) is 21.2. The van der Waals surface area contributed by atoms with E-state index in [1.165, 1.54) is 17.6 Å². The maximum atomic E-state index is 12.9. The van der Waals surface area contributed by atoms with Crippen molar-refractivity contribution in [1.29, 1.82) is 0 Å². The molecule has 0 atom stereocenters. The lowest BCUT2D eigenvalue weighted by molar-refractivity contribution is -0.118. The zero-order valence-electron chi connectivity index (χ0n) is 20.4. The van der Waals surface area contributed by atoms with Gasteiger partial charge in [-0.15, -0.1) is 11.3 Å². The number of carbonyl (C=O) groups is 2. The highest BCUT2D eigenvalue weighted by Gasteiger charge is 2.23. The first-order valence-electron chi connectivity index (χ1n) is 11.9. The van der Waals surface area contributed by atoms with Gasteiger partial charge in [0.25, 0.3) is 5.91 Å². The van der Waals surface area contributed by atoms with Crippen LogP contribution in [0.1, 0.15) is 17.3 Å². The van der Waals surface area contributed by atoms with Crippen LogP contribution in [0.15, 0.2) is 99.7 Å². The standard InChI is InChI=1S/C30H23NO6S/c1-2-35-30(34)27-24(20-11-7-4-8-12-20)18-38-29(27)31-26(32)17-36-21-13-14-22-25(15-21)37-16-23(28(22)33)19-9-5-3-6-10-19/h3-16,18H,2,17H2,1H3,(H,31,32). The highest BCUT2D eigenvalue weighted by atomic mass is 32.1. The van der Waals surface area contributed by atoms with E-state index in [0.717, 1.165) is 11.1 Å². The molecule has 2 aromatic heterocycles. The fourth-order valence-electron chi connectivity index (χ4n) is 4.01. The molecule has 0 radical (unpaired) electrons. The molecule has 8 heteroatoms. The van der Waals surface area contributed by atoms with Crippen molar-refractivity contribution < 1.29 is 23.5 Å². The van der Waals surface area contributed by atoms with Crippen LogP contribution in [-0.2, 0) is 9.53 Å². The third-order valence-electron chi connectivity index (χ3n) is 5.81. The quantitative estimate of drug-likeness (QED) is 0.236. The number of nitrogens with one attached hydrogen (secondary N) is 1. The van der Waals surface area contributed by atoms with Crippen molar-refractivity contribution in [2.75, 3.05) is 18.5 Å². The van der Waals surface area contributed by atoms with Crippen molar-refractivity contribution >= 4 is 39.2 Å². The number of amides is 1. The third kappa shape index (κ3) is 5.21. The number of rotatable bonds is 8. The van der Waals surface area contributed by atoms with E-state index in [4.69, 9.17) is 13.9 Å². The van der Waals surface area contributed by atoms with Crippen LogP contribution in [0.5, 0.6) is 5.75 Å². The second-order valence-electron chi connectivity index (χ2n) is 8.28. The van der Waals surface area contributed by atoms with Crippen LogP contribution in [0.3, 0.4) is 0 Å². The Morgan fingerprint density at radius 2 is 1.61 bits per heavy atom. The molecule has 0 saturated carbocycles. The summed E-state index contributed by atoms with van der Waals surface area (Å²) in [5.41, 5.74) is 3.27. The Bertz CT molecular complexity index is 1660. The van der Waals surface area contributed by atoms with Gasteiger partial charge in [-0.25, -0.2) is 4.79 Å². The van der Waals surface area contributed by atoms with Crippen molar-refractivity contribution in [1.82, 2.24) is 0 Å². The van der Waals surface area contributed by atoms with Crippen LogP contribution in [-0.4, -0.2) is 25.1 Å². The Labute approximate surface area is 222 Å². The van der Waals surface area contributed by atoms with E-state index >= 15 is 0 Å². The minimum atomic E-state index is -0.511. The predicted octanol–water partition coefficient (Wildman–Crippen LogP) is 6.38. The van der Waals surface area contributed by atoms with Gasteiger partial charge in [-0.3, -0.25) is 9.59 Å². The molecule has 2 heterocycles. The predicted molar refractivity (Wildman–Crippen MR) is 148 cm³/mol. The van der Waals surface area contributed by atoms with E-state index in [2.05, 4.69) is 5.32 Å². The normalized spacial score (nSPS) is 10.8. The number of benzene rings is 3. The SMILES string of the molecule is CCOC(=O)c1c(-c2ccccc2)csc1NC(=O)COc1ccc2c(=O)c(-c3ccccc3)coc2c1. The summed E-state index contributed by atoms with van der Waals surface area (Å²) in [6.07, 6.45) is 1.43. The Hall–Kier alpha value is -4.69. The van der Waals surface area contributed by atoms with Crippen molar-refractivity contribution in [3.05, 3.63) is 106 Å². The highest BCUT2D eigenvalue weighted by molar-refractivity contribution is 7.15. The largest absolute Gasteiger partial charge is 0.484 e. The molecular weight excluding hydrogens is 502 g/mol. The number of fused-ring (bicyclic) bond motifs is 1. The molecular formula is C30H23NO6S. The summed E-state index contributed by atoms with van der Waals surface area (Å²) in [5, 5.41) is 5.37. The van der Waals surface area contributed by atoms with Gasteiger partial charge in [0.05, 0.1) is 17.6 Å². The molecule has 0 aliphatic carbocycles. The average molecular weight is 526 g/mol. The molecule has 3 aromatic carbocycles. The highest BCUT2D eigenvalue weighted by Crippen LogP contribution is 2.36. The minimum Gasteiger partial charge on any atom is -0.484 e. The topological polar surface area (TPSA) is 94.8 Å². The average Bonchev–Trinajstić information content (AvgIpc) is 3.36. The zero-order chi connectivity index (χ0) is 26.5. The Morgan fingerprint density at radius 1 is 0.921 bits per heavy atom. The summed E-state index contributed by atoms with van der Waals surface area (Å²) in [4.78, 5) is 38.4. The third-order valence-corrected chi connectivity index (χ3v) is 6.70. The number of thiophene rings is 1. The van der Waals surface area contributed by atoms with Gasteiger partial charge >= 0.3 is 5.97 Å². The van der Waals surface area contributed by atoms with E-state index in [1.54, 1.807) is 25.1 Å². The number of hydrogen-bond acceptors (Lipinski definition) is 7. The summed E-state index contributed by atoms with van der Waals surface area (Å²) < 4.78 is 16.6. The van der Waals surface area contributed by atoms with Crippen LogP contribution in [0.2, 0.25) is 0 Å². The van der Waals surface area contributed by atoms with Gasteiger partial charge in [0.15, 0.2) is 12.0 Å². The number of esters is 1. The van der Waals surface area contributed by atoms with Crippen molar-refractivity contribution in [3.63, 3.8) is 0 Å².